The van der Waals surface area contributed by atoms with Crippen molar-refractivity contribution in [3.05, 3.63) is 51.2 Å². The Labute approximate surface area is 138 Å². The molecule has 1 saturated heterocycles. The number of aryl methyl sites for hydroxylation is 1. The van der Waals surface area contributed by atoms with Gasteiger partial charge in [-0.3, -0.25) is 10.1 Å². The lowest BCUT2D eigenvalue weighted by Gasteiger charge is -2.37. The lowest BCUT2D eigenvalue weighted by atomic mass is 10.1. The van der Waals surface area contributed by atoms with Crippen LogP contribution in [-0.4, -0.2) is 41.3 Å². The Hall–Kier alpha value is -2.41. The Morgan fingerprint density at radius 3 is 2.48 bits per heavy atom. The minimum atomic E-state index is -0.422. The van der Waals surface area contributed by atoms with Gasteiger partial charge in [0.15, 0.2) is 5.82 Å². The standard InChI is InChI=1S/C15H16ClN5O2/c1-11-9-12(21(22)23)10-13(16)15(11)20-7-5-19(6-8-20)14-3-2-4-17-18-14/h2-4,9-10H,5-8H2,1H3. The van der Waals surface area contributed by atoms with Crippen LogP contribution in [0.5, 0.6) is 0 Å². The molecule has 0 N–H and O–H groups in total. The van der Waals surface area contributed by atoms with Crippen molar-refractivity contribution in [2.24, 2.45) is 0 Å². The highest BCUT2D eigenvalue weighted by molar-refractivity contribution is 6.33. The van der Waals surface area contributed by atoms with Crippen LogP contribution in [0.15, 0.2) is 30.5 Å². The van der Waals surface area contributed by atoms with E-state index in [2.05, 4.69) is 20.0 Å². The van der Waals surface area contributed by atoms with Crippen LogP contribution in [0.1, 0.15) is 5.56 Å². The number of hydrogen-bond donors (Lipinski definition) is 0. The molecule has 1 aromatic heterocycles. The first kappa shape index (κ1) is 15.5. The van der Waals surface area contributed by atoms with E-state index in [0.717, 1.165) is 43.2 Å². The Bertz CT molecular complexity index is 694. The van der Waals surface area contributed by atoms with Gasteiger partial charge in [0.05, 0.1) is 15.6 Å². The van der Waals surface area contributed by atoms with Crippen LogP contribution in [0, 0.1) is 17.0 Å². The van der Waals surface area contributed by atoms with Crippen LogP contribution in [-0.2, 0) is 0 Å². The first-order valence-electron chi connectivity index (χ1n) is 7.28. The van der Waals surface area contributed by atoms with Gasteiger partial charge < -0.3 is 9.80 Å². The van der Waals surface area contributed by atoms with E-state index >= 15 is 0 Å². The third kappa shape index (κ3) is 3.19. The molecule has 0 amide bonds. The summed E-state index contributed by atoms with van der Waals surface area (Å²) in [5, 5.41) is 19.4. The predicted molar refractivity (Wildman–Crippen MR) is 89.3 cm³/mol. The van der Waals surface area contributed by atoms with Gasteiger partial charge in [-0.1, -0.05) is 11.6 Å². The third-order valence-electron chi connectivity index (χ3n) is 3.93. The number of nitro groups is 1. The minimum absolute atomic E-state index is 0.0226. The van der Waals surface area contributed by atoms with Crippen LogP contribution in [0.25, 0.3) is 0 Å². The van der Waals surface area contributed by atoms with E-state index in [4.69, 9.17) is 11.6 Å². The first-order chi connectivity index (χ1) is 11.1. The Balaban J connectivity index is 1.76. The maximum atomic E-state index is 10.9. The van der Waals surface area contributed by atoms with E-state index in [1.165, 1.54) is 6.07 Å². The van der Waals surface area contributed by atoms with Gasteiger partial charge >= 0.3 is 0 Å². The van der Waals surface area contributed by atoms with Crippen molar-refractivity contribution >= 4 is 28.8 Å². The van der Waals surface area contributed by atoms with E-state index in [1.807, 2.05) is 19.1 Å². The average molecular weight is 334 g/mol. The number of nitro benzene ring substituents is 1. The molecule has 0 bridgehead atoms. The van der Waals surface area contributed by atoms with E-state index in [1.54, 1.807) is 12.3 Å². The largest absolute Gasteiger partial charge is 0.367 e. The van der Waals surface area contributed by atoms with Crippen molar-refractivity contribution < 1.29 is 4.92 Å². The molecule has 0 unspecified atom stereocenters. The molecule has 3 rings (SSSR count). The number of nitrogens with zero attached hydrogens (tertiary/aromatic N) is 5. The summed E-state index contributed by atoms with van der Waals surface area (Å²) in [6.07, 6.45) is 1.65. The molecular weight excluding hydrogens is 318 g/mol. The molecule has 1 aliphatic rings. The Morgan fingerprint density at radius 1 is 1.22 bits per heavy atom. The fraction of sp³-hybridized carbons (Fsp3) is 0.333. The van der Waals surface area contributed by atoms with Crippen LogP contribution in [0.4, 0.5) is 17.2 Å². The molecule has 2 aromatic rings. The Morgan fingerprint density at radius 2 is 1.91 bits per heavy atom. The zero-order chi connectivity index (χ0) is 16.4. The second-order valence-electron chi connectivity index (χ2n) is 5.41. The van der Waals surface area contributed by atoms with Gasteiger partial charge in [-0.15, -0.1) is 5.10 Å². The van der Waals surface area contributed by atoms with E-state index in [9.17, 15) is 10.1 Å². The summed E-state index contributed by atoms with van der Waals surface area (Å²) >= 11 is 6.28. The molecule has 1 fully saturated rings. The molecule has 0 radical (unpaired) electrons. The van der Waals surface area contributed by atoms with Crippen molar-refractivity contribution in [3.8, 4) is 0 Å². The zero-order valence-corrected chi connectivity index (χ0v) is 13.4. The van der Waals surface area contributed by atoms with Gasteiger partial charge in [0.25, 0.3) is 5.69 Å². The summed E-state index contributed by atoms with van der Waals surface area (Å²) in [4.78, 5) is 14.8. The van der Waals surface area contributed by atoms with Gasteiger partial charge in [0, 0.05) is 44.5 Å². The van der Waals surface area contributed by atoms with Crippen LogP contribution in [0.3, 0.4) is 0 Å². The quantitative estimate of drug-likeness (QED) is 0.635. The van der Waals surface area contributed by atoms with E-state index < -0.39 is 4.92 Å². The van der Waals surface area contributed by atoms with E-state index in [-0.39, 0.29) is 5.69 Å². The third-order valence-corrected chi connectivity index (χ3v) is 4.22. The van der Waals surface area contributed by atoms with Crippen molar-refractivity contribution in [3.63, 3.8) is 0 Å². The summed E-state index contributed by atoms with van der Waals surface area (Å²) in [7, 11) is 0. The molecule has 8 heteroatoms. The number of halogens is 1. The molecule has 0 atom stereocenters. The molecule has 0 aliphatic carbocycles. The molecule has 0 saturated carbocycles. The highest BCUT2D eigenvalue weighted by atomic mass is 35.5. The molecular formula is C15H16ClN5O2. The topological polar surface area (TPSA) is 75.4 Å². The van der Waals surface area contributed by atoms with Gasteiger partial charge in [-0.25, -0.2) is 0 Å². The van der Waals surface area contributed by atoms with Crippen molar-refractivity contribution in [2.75, 3.05) is 36.0 Å². The highest BCUT2D eigenvalue weighted by Crippen LogP contribution is 2.34. The number of hydrogen-bond acceptors (Lipinski definition) is 6. The molecule has 1 aliphatic heterocycles. The normalized spacial score (nSPS) is 14.9. The predicted octanol–water partition coefficient (Wildman–Crippen LogP) is 2.67. The molecule has 1 aromatic carbocycles. The molecule has 120 valence electrons. The number of piperazine rings is 1. The number of anilines is 2. The first-order valence-corrected chi connectivity index (χ1v) is 7.66. The summed E-state index contributed by atoms with van der Waals surface area (Å²) < 4.78 is 0. The lowest BCUT2D eigenvalue weighted by Crippen LogP contribution is -2.47. The molecule has 0 spiro atoms. The number of rotatable bonds is 3. The maximum absolute atomic E-state index is 10.9. The smallest absolute Gasteiger partial charge is 0.271 e. The van der Waals surface area contributed by atoms with Crippen molar-refractivity contribution in [1.29, 1.82) is 0 Å². The highest BCUT2D eigenvalue weighted by Gasteiger charge is 2.23. The average Bonchev–Trinajstić information content (AvgIpc) is 2.55. The SMILES string of the molecule is Cc1cc([N+](=O)[O-])cc(Cl)c1N1CCN(c2cccnn2)CC1. The second kappa shape index (κ2) is 6.37. The number of benzene rings is 1. The van der Waals surface area contributed by atoms with Gasteiger partial charge in [-0.05, 0) is 24.6 Å². The van der Waals surface area contributed by atoms with Crippen LogP contribution < -0.4 is 9.80 Å². The van der Waals surface area contributed by atoms with E-state index in [0.29, 0.717) is 5.02 Å². The van der Waals surface area contributed by atoms with Gasteiger partial charge in [0.1, 0.15) is 0 Å². The monoisotopic (exact) mass is 333 g/mol. The van der Waals surface area contributed by atoms with Crippen molar-refractivity contribution in [1.82, 2.24) is 10.2 Å². The van der Waals surface area contributed by atoms with Crippen molar-refractivity contribution in [2.45, 2.75) is 6.92 Å². The number of aromatic nitrogens is 2. The van der Waals surface area contributed by atoms with Crippen LogP contribution >= 0.6 is 11.6 Å². The lowest BCUT2D eigenvalue weighted by molar-refractivity contribution is -0.384. The zero-order valence-electron chi connectivity index (χ0n) is 12.6. The fourth-order valence-corrected chi connectivity index (χ4v) is 3.23. The van der Waals surface area contributed by atoms with Gasteiger partial charge in [-0.2, -0.15) is 5.10 Å². The molecule has 2 heterocycles. The summed E-state index contributed by atoms with van der Waals surface area (Å²) in [5.74, 6) is 0.860. The molecule has 23 heavy (non-hydrogen) atoms. The summed E-state index contributed by atoms with van der Waals surface area (Å²) in [6.45, 7) is 4.99. The summed E-state index contributed by atoms with van der Waals surface area (Å²) in [6, 6.07) is 6.79. The number of non-ortho nitro benzene ring substituents is 1. The minimum Gasteiger partial charge on any atom is -0.367 e. The Kier molecular flexibility index (Phi) is 4.29. The maximum Gasteiger partial charge on any atom is 0.271 e. The fourth-order valence-electron chi connectivity index (χ4n) is 2.85. The van der Waals surface area contributed by atoms with Gasteiger partial charge in [0.2, 0.25) is 0 Å². The summed E-state index contributed by atoms with van der Waals surface area (Å²) in [5.41, 5.74) is 1.71. The molecule has 7 nitrogen and oxygen atoms in total. The second-order valence-corrected chi connectivity index (χ2v) is 5.81. The van der Waals surface area contributed by atoms with Crippen LogP contribution in [0.2, 0.25) is 5.02 Å².